The minimum atomic E-state index is -0.260. The number of nitrogens with zero attached hydrogens (tertiary/aromatic N) is 1. The van der Waals surface area contributed by atoms with E-state index in [9.17, 15) is 4.39 Å². The Morgan fingerprint density at radius 3 is 2.26 bits per heavy atom. The van der Waals surface area contributed by atoms with Gasteiger partial charge >= 0.3 is 0 Å². The number of hydrogen-bond acceptors (Lipinski definition) is 2. The van der Waals surface area contributed by atoms with Crippen molar-refractivity contribution in [2.75, 3.05) is 0 Å². The van der Waals surface area contributed by atoms with Gasteiger partial charge in [0.2, 0.25) is 0 Å². The van der Waals surface area contributed by atoms with E-state index >= 15 is 0 Å². The van der Waals surface area contributed by atoms with E-state index in [1.54, 1.807) is 12.1 Å². The largest absolute Gasteiger partial charge is 0.337 e. The molecule has 19 heavy (non-hydrogen) atoms. The van der Waals surface area contributed by atoms with Gasteiger partial charge in [-0.2, -0.15) is 0 Å². The van der Waals surface area contributed by atoms with Crippen LogP contribution in [0.15, 0.2) is 59.6 Å². The minimum absolute atomic E-state index is 0.260. The molecule has 0 aliphatic carbocycles. The summed E-state index contributed by atoms with van der Waals surface area (Å²) in [6.07, 6.45) is 0. The van der Waals surface area contributed by atoms with Crippen molar-refractivity contribution in [2.24, 2.45) is 0 Å². The molecule has 0 bridgehead atoms. The molecule has 0 radical (unpaired) electrons. The van der Waals surface area contributed by atoms with Crippen LogP contribution in [0, 0.1) is 5.82 Å². The van der Waals surface area contributed by atoms with Crippen molar-refractivity contribution in [3.05, 3.63) is 60.4 Å². The number of H-pyrrole nitrogens is 1. The standard InChI is InChI=1S/C15H11FN2S/c16-12-8-6-11(7-9-12)14-17-13(15(19)18-14)10-4-2-1-3-5-10/h1-9,19H,(H,17,18). The summed E-state index contributed by atoms with van der Waals surface area (Å²) in [4.78, 5) is 7.60. The Bertz CT molecular complexity index is 690. The molecule has 0 amide bonds. The quantitative estimate of drug-likeness (QED) is 0.672. The van der Waals surface area contributed by atoms with Crippen LogP contribution < -0.4 is 0 Å². The van der Waals surface area contributed by atoms with E-state index in [0.717, 1.165) is 16.8 Å². The molecule has 94 valence electrons. The molecule has 0 atom stereocenters. The maximum atomic E-state index is 12.9. The highest BCUT2D eigenvalue weighted by atomic mass is 32.1. The van der Waals surface area contributed by atoms with Gasteiger partial charge in [-0.1, -0.05) is 30.3 Å². The molecular formula is C15H11FN2S. The first-order chi connectivity index (χ1) is 9.24. The minimum Gasteiger partial charge on any atom is -0.337 e. The van der Waals surface area contributed by atoms with Gasteiger partial charge in [0, 0.05) is 11.1 Å². The molecular weight excluding hydrogens is 259 g/mol. The maximum Gasteiger partial charge on any atom is 0.139 e. The highest BCUT2D eigenvalue weighted by Gasteiger charge is 2.10. The number of thiol groups is 1. The van der Waals surface area contributed by atoms with Gasteiger partial charge in [-0.15, -0.1) is 12.6 Å². The number of halogens is 1. The number of imidazole rings is 1. The molecule has 2 aromatic carbocycles. The van der Waals surface area contributed by atoms with Crippen LogP contribution in [0.1, 0.15) is 0 Å². The number of nitrogens with one attached hydrogen (secondary N) is 1. The summed E-state index contributed by atoms with van der Waals surface area (Å²) in [5.41, 5.74) is 2.72. The van der Waals surface area contributed by atoms with Crippen LogP contribution in [-0.2, 0) is 0 Å². The lowest BCUT2D eigenvalue weighted by Gasteiger charge is -1.98. The zero-order valence-corrected chi connectivity index (χ0v) is 10.9. The summed E-state index contributed by atoms with van der Waals surface area (Å²) in [6, 6.07) is 16.1. The second kappa shape index (κ2) is 4.90. The van der Waals surface area contributed by atoms with E-state index < -0.39 is 0 Å². The van der Waals surface area contributed by atoms with Crippen molar-refractivity contribution < 1.29 is 4.39 Å². The lowest BCUT2D eigenvalue weighted by Crippen LogP contribution is -1.81. The van der Waals surface area contributed by atoms with Crippen LogP contribution in [0.25, 0.3) is 22.6 Å². The monoisotopic (exact) mass is 270 g/mol. The SMILES string of the molecule is Fc1ccc(-c2nc(S)c(-c3ccccc3)[nH]2)cc1. The topological polar surface area (TPSA) is 28.7 Å². The second-order valence-corrected chi connectivity index (χ2v) is 4.58. The second-order valence-electron chi connectivity index (χ2n) is 4.16. The van der Waals surface area contributed by atoms with E-state index in [1.807, 2.05) is 30.3 Å². The molecule has 1 heterocycles. The van der Waals surface area contributed by atoms with Crippen LogP contribution in [0.3, 0.4) is 0 Å². The van der Waals surface area contributed by atoms with E-state index in [4.69, 9.17) is 0 Å². The fraction of sp³-hybridized carbons (Fsp3) is 0. The number of hydrogen-bond donors (Lipinski definition) is 2. The average molecular weight is 270 g/mol. The summed E-state index contributed by atoms with van der Waals surface area (Å²) in [5, 5.41) is 0.630. The highest BCUT2D eigenvalue weighted by molar-refractivity contribution is 7.80. The number of aromatic amines is 1. The molecule has 0 unspecified atom stereocenters. The molecule has 0 saturated carbocycles. The normalized spacial score (nSPS) is 10.6. The number of rotatable bonds is 2. The lowest BCUT2D eigenvalue weighted by molar-refractivity contribution is 0.628. The van der Waals surface area contributed by atoms with Crippen molar-refractivity contribution in [3.8, 4) is 22.6 Å². The molecule has 1 aromatic heterocycles. The van der Waals surface area contributed by atoms with Crippen molar-refractivity contribution in [1.82, 2.24) is 9.97 Å². The fourth-order valence-electron chi connectivity index (χ4n) is 1.91. The van der Waals surface area contributed by atoms with Crippen LogP contribution >= 0.6 is 12.6 Å². The molecule has 4 heteroatoms. The summed E-state index contributed by atoms with van der Waals surface area (Å²) >= 11 is 4.38. The van der Waals surface area contributed by atoms with Crippen LogP contribution in [0.2, 0.25) is 0 Å². The summed E-state index contributed by atoms with van der Waals surface area (Å²) in [5.74, 6) is 0.425. The third kappa shape index (κ3) is 2.39. The Morgan fingerprint density at radius 2 is 1.58 bits per heavy atom. The van der Waals surface area contributed by atoms with Gasteiger partial charge in [0.05, 0.1) is 5.69 Å². The van der Waals surface area contributed by atoms with Crippen LogP contribution in [-0.4, -0.2) is 9.97 Å². The number of aromatic nitrogens is 2. The molecule has 3 aromatic rings. The molecule has 0 spiro atoms. The van der Waals surface area contributed by atoms with E-state index in [2.05, 4.69) is 22.6 Å². The maximum absolute atomic E-state index is 12.9. The van der Waals surface area contributed by atoms with Crippen LogP contribution in [0.4, 0.5) is 4.39 Å². The smallest absolute Gasteiger partial charge is 0.139 e. The van der Waals surface area contributed by atoms with Crippen molar-refractivity contribution in [1.29, 1.82) is 0 Å². The first kappa shape index (κ1) is 12.0. The van der Waals surface area contributed by atoms with Crippen molar-refractivity contribution >= 4 is 12.6 Å². The summed E-state index contributed by atoms with van der Waals surface area (Å²) in [7, 11) is 0. The predicted octanol–water partition coefficient (Wildman–Crippen LogP) is 4.17. The van der Waals surface area contributed by atoms with Gasteiger partial charge < -0.3 is 4.98 Å². The molecule has 0 aliphatic rings. The molecule has 0 saturated heterocycles. The highest BCUT2D eigenvalue weighted by Crippen LogP contribution is 2.27. The molecule has 0 fully saturated rings. The molecule has 2 nitrogen and oxygen atoms in total. The first-order valence-corrected chi connectivity index (χ1v) is 6.29. The van der Waals surface area contributed by atoms with E-state index in [1.165, 1.54) is 12.1 Å². The average Bonchev–Trinajstić information content (AvgIpc) is 2.83. The first-order valence-electron chi connectivity index (χ1n) is 5.84. The Kier molecular flexibility index (Phi) is 3.09. The van der Waals surface area contributed by atoms with E-state index in [0.29, 0.717) is 10.9 Å². The zero-order valence-electron chi connectivity index (χ0n) is 9.97. The zero-order chi connectivity index (χ0) is 13.2. The summed E-state index contributed by atoms with van der Waals surface area (Å²) in [6.45, 7) is 0. The Balaban J connectivity index is 2.04. The Labute approximate surface area is 115 Å². The van der Waals surface area contributed by atoms with Crippen LogP contribution in [0.5, 0.6) is 0 Å². The third-order valence-electron chi connectivity index (χ3n) is 2.86. The van der Waals surface area contributed by atoms with Gasteiger partial charge in [-0.3, -0.25) is 0 Å². The van der Waals surface area contributed by atoms with E-state index in [-0.39, 0.29) is 5.82 Å². The fourth-order valence-corrected chi connectivity index (χ4v) is 2.20. The van der Waals surface area contributed by atoms with Gasteiger partial charge in [-0.25, -0.2) is 9.37 Å². The van der Waals surface area contributed by atoms with Gasteiger partial charge in [0.1, 0.15) is 16.7 Å². The Hall–Kier alpha value is -2.07. The lowest BCUT2D eigenvalue weighted by atomic mass is 10.2. The summed E-state index contributed by atoms with van der Waals surface area (Å²) < 4.78 is 12.9. The molecule has 0 aliphatic heterocycles. The van der Waals surface area contributed by atoms with Crippen molar-refractivity contribution in [3.63, 3.8) is 0 Å². The number of benzene rings is 2. The van der Waals surface area contributed by atoms with Crippen molar-refractivity contribution in [2.45, 2.75) is 5.03 Å². The molecule has 1 N–H and O–H groups in total. The Morgan fingerprint density at radius 1 is 0.895 bits per heavy atom. The molecule has 3 rings (SSSR count). The third-order valence-corrected chi connectivity index (χ3v) is 3.19. The van der Waals surface area contributed by atoms with Gasteiger partial charge in [0.15, 0.2) is 0 Å². The van der Waals surface area contributed by atoms with Gasteiger partial charge in [-0.05, 0) is 24.3 Å². The predicted molar refractivity (Wildman–Crippen MR) is 76.7 cm³/mol. The van der Waals surface area contributed by atoms with Gasteiger partial charge in [0.25, 0.3) is 0 Å².